The van der Waals surface area contributed by atoms with Gasteiger partial charge in [-0.2, -0.15) is 9.61 Å². The second-order valence-corrected chi connectivity index (χ2v) is 5.46. The topological polar surface area (TPSA) is 106 Å². The van der Waals surface area contributed by atoms with E-state index in [0.717, 1.165) is 48.4 Å². The molecule has 0 spiro atoms. The summed E-state index contributed by atoms with van der Waals surface area (Å²) in [6.07, 6.45) is 7.27. The third kappa shape index (κ3) is 2.13. The Kier molecular flexibility index (Phi) is 3.24. The van der Waals surface area contributed by atoms with Crippen molar-refractivity contribution in [1.29, 1.82) is 0 Å². The molecule has 3 aromatic heterocycles. The van der Waals surface area contributed by atoms with Crippen molar-refractivity contribution in [2.24, 2.45) is 5.84 Å². The Hall–Kier alpha value is -2.45. The molecule has 4 heterocycles. The lowest BCUT2D eigenvalue weighted by Gasteiger charge is -2.22. The van der Waals surface area contributed by atoms with E-state index in [4.69, 9.17) is 15.3 Å². The van der Waals surface area contributed by atoms with Crippen LogP contribution in [0.15, 0.2) is 29.2 Å². The van der Waals surface area contributed by atoms with Crippen molar-refractivity contribution in [1.82, 2.24) is 25.1 Å². The predicted molar refractivity (Wildman–Crippen MR) is 81.1 cm³/mol. The largest absolute Gasteiger partial charge is 0.364 e. The van der Waals surface area contributed by atoms with Crippen LogP contribution in [0.25, 0.3) is 16.8 Å². The first-order chi connectivity index (χ1) is 10.9. The molecule has 4 rings (SSSR count). The number of hydrogen-bond acceptors (Lipinski definition) is 7. The highest BCUT2D eigenvalue weighted by Gasteiger charge is 2.20. The molecular formula is C14H17N7O. The van der Waals surface area contributed by atoms with Crippen LogP contribution in [0.4, 0.5) is 5.82 Å². The smallest absolute Gasteiger partial charge is 0.165 e. The number of hydrogen-bond donors (Lipinski definition) is 3. The normalized spacial score (nSPS) is 18.7. The zero-order valence-corrected chi connectivity index (χ0v) is 12.0. The number of nitrogens with zero attached hydrogens (tertiary/aromatic N) is 4. The summed E-state index contributed by atoms with van der Waals surface area (Å²) in [6.45, 7) is 2.00. The average molecular weight is 299 g/mol. The molecular weight excluding hydrogens is 282 g/mol. The van der Waals surface area contributed by atoms with Gasteiger partial charge in [0.1, 0.15) is 12.1 Å². The van der Waals surface area contributed by atoms with Crippen LogP contribution in [0.2, 0.25) is 0 Å². The Bertz CT molecular complexity index is 774. The second-order valence-electron chi connectivity index (χ2n) is 5.46. The van der Waals surface area contributed by atoms with Crippen LogP contribution in [0, 0.1) is 0 Å². The lowest BCUT2D eigenvalue weighted by molar-refractivity contribution is 0.420. The number of anilines is 1. The van der Waals surface area contributed by atoms with E-state index in [0.29, 0.717) is 11.7 Å². The SMILES string of the molecule is NNc1cc(C2CCCNC2)nc2c(-c3cnoc3)cnn12. The number of hydrazine groups is 1. The quantitative estimate of drug-likeness (QED) is 0.492. The van der Waals surface area contributed by atoms with Gasteiger partial charge in [-0.05, 0) is 19.4 Å². The Balaban J connectivity index is 1.86. The minimum absolute atomic E-state index is 0.385. The van der Waals surface area contributed by atoms with Gasteiger partial charge in [0.15, 0.2) is 5.65 Å². The van der Waals surface area contributed by atoms with Crippen molar-refractivity contribution in [2.75, 3.05) is 18.5 Å². The number of aromatic nitrogens is 4. The first-order valence-corrected chi connectivity index (χ1v) is 7.32. The van der Waals surface area contributed by atoms with Crippen LogP contribution in [0.5, 0.6) is 0 Å². The number of nitrogens with two attached hydrogens (primary N) is 1. The molecule has 114 valence electrons. The third-order valence-electron chi connectivity index (χ3n) is 4.10. The van der Waals surface area contributed by atoms with Gasteiger partial charge in [0, 0.05) is 24.1 Å². The lowest BCUT2D eigenvalue weighted by atomic mass is 9.96. The van der Waals surface area contributed by atoms with Crippen molar-refractivity contribution in [3.05, 3.63) is 30.4 Å². The van der Waals surface area contributed by atoms with Crippen LogP contribution in [-0.2, 0) is 0 Å². The summed E-state index contributed by atoms with van der Waals surface area (Å²) < 4.78 is 6.62. The van der Waals surface area contributed by atoms with Gasteiger partial charge in [-0.1, -0.05) is 5.16 Å². The fourth-order valence-corrected chi connectivity index (χ4v) is 2.94. The molecule has 0 aromatic carbocycles. The maximum absolute atomic E-state index is 5.66. The van der Waals surface area contributed by atoms with Gasteiger partial charge in [0.2, 0.25) is 0 Å². The molecule has 8 heteroatoms. The number of fused-ring (bicyclic) bond motifs is 1. The van der Waals surface area contributed by atoms with Crippen molar-refractivity contribution in [3.8, 4) is 11.1 Å². The molecule has 0 radical (unpaired) electrons. The van der Waals surface area contributed by atoms with Crippen molar-refractivity contribution in [3.63, 3.8) is 0 Å². The first-order valence-electron chi connectivity index (χ1n) is 7.32. The standard InChI is InChI=1S/C14H17N7O/c15-20-13-4-12(9-2-1-3-16-5-9)19-14-11(7-17-21(13)14)10-6-18-22-8-10/h4,6-9,16,20H,1-3,5,15H2. The van der Waals surface area contributed by atoms with Gasteiger partial charge in [-0.3, -0.25) is 0 Å². The van der Waals surface area contributed by atoms with Crippen molar-refractivity contribution < 1.29 is 4.52 Å². The highest BCUT2D eigenvalue weighted by atomic mass is 16.5. The fraction of sp³-hybridized carbons (Fsp3) is 0.357. The molecule has 8 nitrogen and oxygen atoms in total. The summed E-state index contributed by atoms with van der Waals surface area (Å²) in [4.78, 5) is 4.82. The summed E-state index contributed by atoms with van der Waals surface area (Å²) in [5.41, 5.74) is 6.21. The van der Waals surface area contributed by atoms with E-state index in [1.165, 1.54) is 0 Å². The number of nitrogens with one attached hydrogen (secondary N) is 2. The van der Waals surface area contributed by atoms with Gasteiger partial charge in [0.25, 0.3) is 0 Å². The minimum atomic E-state index is 0.385. The average Bonchev–Trinajstić information content (AvgIpc) is 3.23. The molecule has 1 aliphatic heterocycles. The monoisotopic (exact) mass is 299 g/mol. The van der Waals surface area contributed by atoms with E-state index >= 15 is 0 Å². The van der Waals surface area contributed by atoms with Crippen LogP contribution in [-0.4, -0.2) is 32.8 Å². The predicted octanol–water partition coefficient (Wildman–Crippen LogP) is 1.14. The van der Waals surface area contributed by atoms with Crippen LogP contribution in [0.3, 0.4) is 0 Å². The molecule has 1 unspecified atom stereocenters. The minimum Gasteiger partial charge on any atom is -0.364 e. The van der Waals surface area contributed by atoms with Gasteiger partial charge in [-0.25, -0.2) is 10.8 Å². The van der Waals surface area contributed by atoms with E-state index in [1.54, 1.807) is 23.2 Å². The summed E-state index contributed by atoms with van der Waals surface area (Å²) >= 11 is 0. The molecule has 1 saturated heterocycles. The highest BCUT2D eigenvalue weighted by molar-refractivity contribution is 5.77. The van der Waals surface area contributed by atoms with E-state index in [9.17, 15) is 0 Å². The number of nitrogen functional groups attached to an aromatic ring is 1. The Labute approximate surface area is 126 Å². The fourth-order valence-electron chi connectivity index (χ4n) is 2.94. The lowest BCUT2D eigenvalue weighted by Crippen LogP contribution is -2.29. The van der Waals surface area contributed by atoms with E-state index in [2.05, 4.69) is 21.0 Å². The molecule has 0 aliphatic carbocycles. The second kappa shape index (κ2) is 5.39. The molecule has 3 aromatic rings. The zero-order chi connectivity index (χ0) is 14.9. The van der Waals surface area contributed by atoms with Gasteiger partial charge in [-0.15, -0.1) is 0 Å². The summed E-state index contributed by atoms with van der Waals surface area (Å²) in [7, 11) is 0. The Morgan fingerprint density at radius 2 is 2.36 bits per heavy atom. The molecule has 0 saturated carbocycles. The van der Waals surface area contributed by atoms with Crippen LogP contribution in [0.1, 0.15) is 24.5 Å². The molecule has 0 bridgehead atoms. The van der Waals surface area contributed by atoms with Crippen molar-refractivity contribution in [2.45, 2.75) is 18.8 Å². The molecule has 1 fully saturated rings. The third-order valence-corrected chi connectivity index (χ3v) is 4.10. The summed E-state index contributed by atoms with van der Waals surface area (Å²) in [5, 5.41) is 11.5. The molecule has 1 aliphatic rings. The van der Waals surface area contributed by atoms with Gasteiger partial charge < -0.3 is 15.3 Å². The Morgan fingerprint density at radius 3 is 3.09 bits per heavy atom. The van der Waals surface area contributed by atoms with Crippen LogP contribution < -0.4 is 16.6 Å². The van der Waals surface area contributed by atoms with Crippen molar-refractivity contribution >= 4 is 11.5 Å². The first kappa shape index (κ1) is 13.2. The van der Waals surface area contributed by atoms with E-state index < -0.39 is 0 Å². The van der Waals surface area contributed by atoms with Crippen LogP contribution >= 0.6 is 0 Å². The molecule has 1 atom stereocenters. The maximum Gasteiger partial charge on any atom is 0.165 e. The number of piperidine rings is 1. The van der Waals surface area contributed by atoms with E-state index in [-0.39, 0.29) is 0 Å². The Morgan fingerprint density at radius 1 is 1.41 bits per heavy atom. The van der Waals surface area contributed by atoms with Gasteiger partial charge >= 0.3 is 0 Å². The van der Waals surface area contributed by atoms with E-state index in [1.807, 2.05) is 6.07 Å². The summed E-state index contributed by atoms with van der Waals surface area (Å²) in [6, 6.07) is 1.97. The molecule has 22 heavy (non-hydrogen) atoms. The number of rotatable bonds is 3. The highest BCUT2D eigenvalue weighted by Crippen LogP contribution is 2.29. The maximum atomic E-state index is 5.66. The molecule has 4 N–H and O–H groups in total. The van der Waals surface area contributed by atoms with Gasteiger partial charge in [0.05, 0.1) is 23.7 Å². The molecule has 0 amide bonds. The summed E-state index contributed by atoms with van der Waals surface area (Å²) in [5.74, 6) is 6.76. The zero-order valence-electron chi connectivity index (χ0n) is 12.0.